The summed E-state index contributed by atoms with van der Waals surface area (Å²) in [6.45, 7) is 4.11. The zero-order valence-electron chi connectivity index (χ0n) is 11.1. The van der Waals surface area contributed by atoms with Crippen molar-refractivity contribution < 1.29 is 18.3 Å². The van der Waals surface area contributed by atoms with Crippen LogP contribution >= 0.6 is 0 Å². The van der Waals surface area contributed by atoms with Crippen molar-refractivity contribution >= 4 is 10.9 Å². The number of H-pyrrole nitrogens is 1. The van der Waals surface area contributed by atoms with Gasteiger partial charge in [-0.3, -0.25) is 4.79 Å². The van der Waals surface area contributed by atoms with Gasteiger partial charge in [0, 0.05) is 0 Å². The number of aliphatic hydroxyl groups excluding tert-OH is 1. The van der Waals surface area contributed by atoms with E-state index in [4.69, 9.17) is 0 Å². The van der Waals surface area contributed by atoms with Crippen LogP contribution in [0.3, 0.4) is 0 Å². The number of alkyl halides is 3. The van der Waals surface area contributed by atoms with E-state index in [9.17, 15) is 23.1 Å². The third-order valence-corrected chi connectivity index (χ3v) is 3.14. The van der Waals surface area contributed by atoms with Crippen LogP contribution in [0.5, 0.6) is 0 Å². The Morgan fingerprint density at radius 3 is 2.45 bits per heavy atom. The van der Waals surface area contributed by atoms with Crippen molar-refractivity contribution in [3.8, 4) is 0 Å². The molecule has 0 radical (unpaired) electrons. The number of halogens is 3. The van der Waals surface area contributed by atoms with E-state index in [0.717, 1.165) is 6.07 Å². The minimum absolute atomic E-state index is 0.0273. The molecule has 2 rings (SSSR count). The normalized spacial score (nSPS) is 13.8. The molecule has 2 aromatic rings. The third-order valence-electron chi connectivity index (χ3n) is 3.14. The standard InChI is InChI=1S/C13H13F3N2O2/c1-5-10(6(2)19)8(13(14,15)16)4-9-11(5)12(20)18-7(3)17-9/h4,6,19H,1-3H3,(H,17,18,20). The molecule has 0 saturated carbocycles. The zero-order valence-corrected chi connectivity index (χ0v) is 11.1. The van der Waals surface area contributed by atoms with Gasteiger partial charge in [0.25, 0.3) is 5.56 Å². The Morgan fingerprint density at radius 2 is 1.95 bits per heavy atom. The summed E-state index contributed by atoms with van der Waals surface area (Å²) in [5.41, 5.74) is -1.70. The smallest absolute Gasteiger partial charge is 0.389 e. The molecule has 1 heterocycles. The number of fused-ring (bicyclic) bond motifs is 1. The van der Waals surface area contributed by atoms with Crippen LogP contribution in [0, 0.1) is 13.8 Å². The van der Waals surface area contributed by atoms with Gasteiger partial charge in [-0.1, -0.05) is 0 Å². The van der Waals surface area contributed by atoms with Crippen molar-refractivity contribution in [1.82, 2.24) is 9.97 Å². The first-order chi connectivity index (χ1) is 9.12. The van der Waals surface area contributed by atoms with Gasteiger partial charge in [0.15, 0.2) is 0 Å². The fourth-order valence-corrected chi connectivity index (χ4v) is 2.40. The first kappa shape index (κ1) is 14.5. The highest BCUT2D eigenvalue weighted by Crippen LogP contribution is 2.38. The van der Waals surface area contributed by atoms with Crippen molar-refractivity contribution in [1.29, 1.82) is 0 Å². The molecule has 1 aromatic heterocycles. The molecule has 4 nitrogen and oxygen atoms in total. The lowest BCUT2D eigenvalue weighted by atomic mass is 9.94. The van der Waals surface area contributed by atoms with Gasteiger partial charge in [0.2, 0.25) is 0 Å². The molecular weight excluding hydrogens is 273 g/mol. The van der Waals surface area contributed by atoms with E-state index in [1.165, 1.54) is 20.8 Å². The van der Waals surface area contributed by atoms with Gasteiger partial charge < -0.3 is 10.1 Å². The van der Waals surface area contributed by atoms with Gasteiger partial charge in [-0.25, -0.2) is 4.98 Å². The second kappa shape index (κ2) is 4.59. The Labute approximate surface area is 112 Å². The summed E-state index contributed by atoms with van der Waals surface area (Å²) in [4.78, 5) is 18.3. The van der Waals surface area contributed by atoms with Crippen molar-refractivity contribution in [2.75, 3.05) is 0 Å². The largest absolute Gasteiger partial charge is 0.416 e. The van der Waals surface area contributed by atoms with Gasteiger partial charge in [-0.15, -0.1) is 0 Å². The lowest BCUT2D eigenvalue weighted by molar-refractivity contribution is -0.139. The van der Waals surface area contributed by atoms with E-state index < -0.39 is 23.4 Å². The molecule has 0 fully saturated rings. The van der Waals surface area contributed by atoms with E-state index in [0.29, 0.717) is 0 Å². The third kappa shape index (κ3) is 2.29. The predicted molar refractivity (Wildman–Crippen MR) is 67.5 cm³/mol. The molecular formula is C13H13F3N2O2. The summed E-state index contributed by atoms with van der Waals surface area (Å²) in [6.07, 6.45) is -5.96. The SMILES string of the molecule is Cc1nc2cc(C(F)(F)F)c(C(C)O)c(C)c2c(=O)[nH]1. The van der Waals surface area contributed by atoms with E-state index in [1.54, 1.807) is 0 Å². The number of aliphatic hydroxyl groups is 1. The summed E-state index contributed by atoms with van der Waals surface area (Å²) >= 11 is 0. The van der Waals surface area contributed by atoms with Gasteiger partial charge in [-0.05, 0) is 38.0 Å². The van der Waals surface area contributed by atoms with Gasteiger partial charge >= 0.3 is 6.18 Å². The molecule has 0 spiro atoms. The lowest BCUT2D eigenvalue weighted by Gasteiger charge is -2.19. The number of hydrogen-bond donors (Lipinski definition) is 2. The highest BCUT2D eigenvalue weighted by atomic mass is 19.4. The van der Waals surface area contributed by atoms with E-state index in [2.05, 4.69) is 9.97 Å². The topological polar surface area (TPSA) is 66.0 Å². The van der Waals surface area contributed by atoms with E-state index >= 15 is 0 Å². The number of nitrogens with one attached hydrogen (secondary N) is 1. The number of aryl methyl sites for hydroxylation is 2. The van der Waals surface area contributed by atoms with Crippen molar-refractivity contribution in [2.45, 2.75) is 33.1 Å². The molecule has 1 atom stereocenters. The minimum Gasteiger partial charge on any atom is -0.389 e. The first-order valence-corrected chi connectivity index (χ1v) is 5.92. The number of hydrogen-bond acceptors (Lipinski definition) is 3. The lowest BCUT2D eigenvalue weighted by Crippen LogP contribution is -2.17. The van der Waals surface area contributed by atoms with Crippen molar-refractivity contribution in [3.05, 3.63) is 38.9 Å². The van der Waals surface area contributed by atoms with E-state index in [1.807, 2.05) is 0 Å². The zero-order chi connectivity index (χ0) is 15.2. The number of aromatic amines is 1. The van der Waals surface area contributed by atoms with Crippen LogP contribution in [0.1, 0.15) is 35.5 Å². The van der Waals surface area contributed by atoms with Crippen LogP contribution < -0.4 is 5.56 Å². The molecule has 108 valence electrons. The molecule has 0 aliphatic heterocycles. The predicted octanol–water partition coefficient (Wildman–Crippen LogP) is 2.61. The van der Waals surface area contributed by atoms with Crippen molar-refractivity contribution in [2.24, 2.45) is 0 Å². The number of aromatic nitrogens is 2. The highest BCUT2D eigenvalue weighted by molar-refractivity contribution is 5.83. The first-order valence-electron chi connectivity index (χ1n) is 5.92. The summed E-state index contributed by atoms with van der Waals surface area (Å²) in [5, 5.41) is 9.69. The quantitative estimate of drug-likeness (QED) is 0.847. The van der Waals surface area contributed by atoms with Gasteiger partial charge in [-0.2, -0.15) is 13.2 Å². The average molecular weight is 286 g/mol. The van der Waals surface area contributed by atoms with Crippen LogP contribution in [0.2, 0.25) is 0 Å². The monoisotopic (exact) mass is 286 g/mol. The summed E-state index contributed by atoms with van der Waals surface area (Å²) in [7, 11) is 0. The summed E-state index contributed by atoms with van der Waals surface area (Å²) in [6, 6.07) is 0.812. The van der Waals surface area contributed by atoms with Crippen LogP contribution in [0.15, 0.2) is 10.9 Å². The van der Waals surface area contributed by atoms with E-state index in [-0.39, 0.29) is 27.9 Å². The molecule has 0 aliphatic rings. The summed E-state index contributed by atoms with van der Waals surface area (Å²) < 4.78 is 39.3. The molecule has 7 heteroatoms. The fourth-order valence-electron chi connectivity index (χ4n) is 2.40. The fraction of sp³-hybridized carbons (Fsp3) is 0.385. The molecule has 0 amide bonds. The Kier molecular flexibility index (Phi) is 3.33. The van der Waals surface area contributed by atoms with Crippen LogP contribution in [-0.4, -0.2) is 15.1 Å². The molecule has 0 bridgehead atoms. The maximum absolute atomic E-state index is 13.1. The number of benzene rings is 1. The maximum atomic E-state index is 13.1. The Morgan fingerprint density at radius 1 is 1.35 bits per heavy atom. The minimum atomic E-state index is -4.62. The molecule has 20 heavy (non-hydrogen) atoms. The Hall–Kier alpha value is -1.89. The second-order valence-electron chi connectivity index (χ2n) is 4.68. The molecule has 1 aromatic carbocycles. The number of rotatable bonds is 1. The average Bonchev–Trinajstić information content (AvgIpc) is 2.25. The molecule has 0 saturated heterocycles. The highest BCUT2D eigenvalue weighted by Gasteiger charge is 2.36. The van der Waals surface area contributed by atoms with Gasteiger partial charge in [0.1, 0.15) is 5.82 Å². The van der Waals surface area contributed by atoms with Gasteiger partial charge in [0.05, 0.1) is 22.6 Å². The number of nitrogens with zero attached hydrogens (tertiary/aromatic N) is 1. The Bertz CT molecular complexity index is 733. The van der Waals surface area contributed by atoms with Crippen LogP contribution in [-0.2, 0) is 6.18 Å². The van der Waals surface area contributed by atoms with Crippen LogP contribution in [0.25, 0.3) is 10.9 Å². The second-order valence-corrected chi connectivity index (χ2v) is 4.68. The Balaban J connectivity index is 3.01. The molecule has 1 unspecified atom stereocenters. The maximum Gasteiger partial charge on any atom is 0.416 e. The molecule has 0 aliphatic carbocycles. The molecule has 2 N–H and O–H groups in total. The van der Waals surface area contributed by atoms with Crippen molar-refractivity contribution in [3.63, 3.8) is 0 Å². The van der Waals surface area contributed by atoms with Crippen LogP contribution in [0.4, 0.5) is 13.2 Å². The summed E-state index contributed by atoms with van der Waals surface area (Å²) in [5.74, 6) is 0.236.